The van der Waals surface area contributed by atoms with Crippen LogP contribution in [-0.2, 0) is 11.3 Å². The van der Waals surface area contributed by atoms with Gasteiger partial charge in [-0.15, -0.1) is 0 Å². The minimum Gasteiger partial charge on any atom is -0.458 e. The van der Waals surface area contributed by atoms with Gasteiger partial charge in [0.1, 0.15) is 6.10 Å². The van der Waals surface area contributed by atoms with Gasteiger partial charge < -0.3 is 15.0 Å². The number of carbonyl (C=O) groups is 1. The fraction of sp³-hybridized carbons (Fsp3) is 0.667. The number of nitrogens with two attached hydrogens (primary N) is 1. The summed E-state index contributed by atoms with van der Waals surface area (Å²) in [4.78, 5) is 15.8. The van der Waals surface area contributed by atoms with Gasteiger partial charge in [0.2, 0.25) is 0 Å². The fourth-order valence-corrected chi connectivity index (χ4v) is 2.13. The van der Waals surface area contributed by atoms with Gasteiger partial charge in [0, 0.05) is 19.3 Å². The molecule has 2 rings (SSSR count). The van der Waals surface area contributed by atoms with Gasteiger partial charge in [-0.2, -0.15) is 0 Å². The molecule has 0 atom stereocenters. The van der Waals surface area contributed by atoms with E-state index in [0.717, 1.165) is 25.7 Å². The third-order valence-electron chi connectivity index (χ3n) is 3.06. The van der Waals surface area contributed by atoms with Crippen molar-refractivity contribution in [2.45, 2.75) is 44.8 Å². The molecule has 94 valence electrons. The SMILES string of the molecule is NCCn1cnc(C(=O)OC2CCCCC2)c1. The number of esters is 1. The lowest BCUT2D eigenvalue weighted by molar-refractivity contribution is 0.0205. The molecule has 1 aromatic rings. The third kappa shape index (κ3) is 3.30. The molecule has 0 aliphatic heterocycles. The maximum Gasteiger partial charge on any atom is 0.358 e. The lowest BCUT2D eigenvalue weighted by Crippen LogP contribution is -2.21. The largest absolute Gasteiger partial charge is 0.458 e. The van der Waals surface area contributed by atoms with Gasteiger partial charge in [0.25, 0.3) is 0 Å². The standard InChI is InChI=1S/C12H19N3O2/c13-6-7-15-8-11(14-9-15)12(16)17-10-4-2-1-3-5-10/h8-10H,1-7,13H2. The summed E-state index contributed by atoms with van der Waals surface area (Å²) >= 11 is 0. The number of imidazole rings is 1. The Balaban J connectivity index is 1.89. The molecule has 2 N–H and O–H groups in total. The second-order valence-electron chi connectivity index (χ2n) is 4.45. The minimum atomic E-state index is -0.312. The zero-order valence-electron chi connectivity index (χ0n) is 9.97. The van der Waals surface area contributed by atoms with Crippen LogP contribution in [0, 0.1) is 0 Å². The fourth-order valence-electron chi connectivity index (χ4n) is 2.13. The van der Waals surface area contributed by atoms with Crippen LogP contribution in [0.5, 0.6) is 0 Å². The van der Waals surface area contributed by atoms with Crippen LogP contribution in [0.4, 0.5) is 0 Å². The van der Waals surface area contributed by atoms with Crippen LogP contribution >= 0.6 is 0 Å². The van der Waals surface area contributed by atoms with E-state index < -0.39 is 0 Å². The van der Waals surface area contributed by atoms with Crippen LogP contribution in [0.1, 0.15) is 42.6 Å². The van der Waals surface area contributed by atoms with Crippen LogP contribution in [0.2, 0.25) is 0 Å². The summed E-state index contributed by atoms with van der Waals surface area (Å²) in [6.07, 6.45) is 8.90. The predicted octanol–water partition coefficient (Wildman–Crippen LogP) is 1.33. The van der Waals surface area contributed by atoms with E-state index in [0.29, 0.717) is 18.8 Å². The zero-order valence-corrected chi connectivity index (χ0v) is 9.97. The topological polar surface area (TPSA) is 70.1 Å². The maximum atomic E-state index is 11.8. The van der Waals surface area contributed by atoms with Crippen molar-refractivity contribution in [1.82, 2.24) is 9.55 Å². The molecule has 1 heterocycles. The highest BCUT2D eigenvalue weighted by atomic mass is 16.5. The number of carbonyl (C=O) groups excluding carboxylic acids is 1. The van der Waals surface area contributed by atoms with Crippen molar-refractivity contribution in [3.63, 3.8) is 0 Å². The van der Waals surface area contributed by atoms with E-state index in [1.807, 2.05) is 0 Å². The first kappa shape index (κ1) is 12.1. The smallest absolute Gasteiger partial charge is 0.358 e. The number of hydrogen-bond acceptors (Lipinski definition) is 4. The first-order valence-electron chi connectivity index (χ1n) is 6.22. The lowest BCUT2D eigenvalue weighted by atomic mass is 9.98. The Bertz CT molecular complexity index is 370. The monoisotopic (exact) mass is 237 g/mol. The first-order valence-corrected chi connectivity index (χ1v) is 6.22. The Morgan fingerprint density at radius 2 is 2.24 bits per heavy atom. The Labute approximate surface area is 101 Å². The van der Waals surface area contributed by atoms with Gasteiger partial charge in [-0.3, -0.25) is 0 Å². The molecule has 0 aromatic carbocycles. The normalized spacial score (nSPS) is 17.0. The second kappa shape index (κ2) is 5.82. The van der Waals surface area contributed by atoms with Gasteiger partial charge >= 0.3 is 5.97 Å². The maximum absolute atomic E-state index is 11.8. The van der Waals surface area contributed by atoms with Crippen molar-refractivity contribution in [2.24, 2.45) is 5.73 Å². The van der Waals surface area contributed by atoms with E-state index >= 15 is 0 Å². The molecule has 1 aromatic heterocycles. The van der Waals surface area contributed by atoms with E-state index in [4.69, 9.17) is 10.5 Å². The molecule has 5 heteroatoms. The van der Waals surface area contributed by atoms with Gasteiger partial charge in [-0.1, -0.05) is 6.42 Å². The summed E-state index contributed by atoms with van der Waals surface area (Å²) in [5, 5.41) is 0. The summed E-state index contributed by atoms with van der Waals surface area (Å²) in [7, 11) is 0. The third-order valence-corrected chi connectivity index (χ3v) is 3.06. The van der Waals surface area contributed by atoms with Crippen LogP contribution in [-0.4, -0.2) is 28.2 Å². The second-order valence-corrected chi connectivity index (χ2v) is 4.45. The molecular weight excluding hydrogens is 218 g/mol. The summed E-state index contributed by atoms with van der Waals surface area (Å²) in [5.41, 5.74) is 5.81. The van der Waals surface area contributed by atoms with Crippen molar-refractivity contribution >= 4 is 5.97 Å². The first-order chi connectivity index (χ1) is 8.29. The predicted molar refractivity (Wildman–Crippen MR) is 63.6 cm³/mol. The molecule has 0 unspecified atom stereocenters. The zero-order chi connectivity index (χ0) is 12.1. The Kier molecular flexibility index (Phi) is 4.14. The Hall–Kier alpha value is -1.36. The molecule has 1 aliphatic carbocycles. The molecule has 0 spiro atoms. The summed E-state index contributed by atoms with van der Waals surface area (Å²) in [6.45, 7) is 1.21. The van der Waals surface area contributed by atoms with Crippen LogP contribution in [0.15, 0.2) is 12.5 Å². The van der Waals surface area contributed by atoms with Crippen LogP contribution in [0.3, 0.4) is 0 Å². The minimum absolute atomic E-state index is 0.0795. The number of nitrogens with zero attached hydrogens (tertiary/aromatic N) is 2. The van der Waals surface area contributed by atoms with Crippen LogP contribution < -0.4 is 5.73 Å². The lowest BCUT2D eigenvalue weighted by Gasteiger charge is -2.21. The van der Waals surface area contributed by atoms with E-state index in [2.05, 4.69) is 4.98 Å². The molecule has 0 amide bonds. The molecule has 0 bridgehead atoms. The van der Waals surface area contributed by atoms with Gasteiger partial charge in [-0.05, 0) is 25.7 Å². The van der Waals surface area contributed by atoms with E-state index in [1.165, 1.54) is 6.42 Å². The van der Waals surface area contributed by atoms with Crippen molar-refractivity contribution in [3.05, 3.63) is 18.2 Å². The Morgan fingerprint density at radius 3 is 2.94 bits per heavy atom. The average Bonchev–Trinajstić information content (AvgIpc) is 2.79. The summed E-state index contributed by atoms with van der Waals surface area (Å²) in [5.74, 6) is -0.312. The number of hydrogen-bond donors (Lipinski definition) is 1. The molecule has 5 nitrogen and oxygen atoms in total. The van der Waals surface area contributed by atoms with E-state index in [-0.39, 0.29) is 12.1 Å². The van der Waals surface area contributed by atoms with E-state index in [1.54, 1.807) is 17.1 Å². The van der Waals surface area contributed by atoms with Crippen molar-refractivity contribution in [3.8, 4) is 0 Å². The molecule has 1 aliphatic rings. The highest BCUT2D eigenvalue weighted by Crippen LogP contribution is 2.21. The molecule has 1 saturated carbocycles. The van der Waals surface area contributed by atoms with Crippen molar-refractivity contribution in [2.75, 3.05) is 6.54 Å². The summed E-state index contributed by atoms with van der Waals surface area (Å²) in [6, 6.07) is 0. The summed E-state index contributed by atoms with van der Waals surface area (Å²) < 4.78 is 7.23. The number of aromatic nitrogens is 2. The van der Waals surface area contributed by atoms with Gasteiger partial charge in [0.15, 0.2) is 5.69 Å². The van der Waals surface area contributed by atoms with Crippen LogP contribution in [0.25, 0.3) is 0 Å². The molecular formula is C12H19N3O2. The van der Waals surface area contributed by atoms with E-state index in [9.17, 15) is 4.79 Å². The Morgan fingerprint density at radius 1 is 1.47 bits per heavy atom. The van der Waals surface area contributed by atoms with Gasteiger partial charge in [0.05, 0.1) is 6.33 Å². The molecule has 0 saturated heterocycles. The quantitative estimate of drug-likeness (QED) is 0.802. The molecule has 1 fully saturated rings. The number of ether oxygens (including phenoxy) is 1. The number of rotatable bonds is 4. The molecule has 0 radical (unpaired) electrons. The molecule has 17 heavy (non-hydrogen) atoms. The van der Waals surface area contributed by atoms with Crippen molar-refractivity contribution < 1.29 is 9.53 Å². The highest BCUT2D eigenvalue weighted by Gasteiger charge is 2.19. The highest BCUT2D eigenvalue weighted by molar-refractivity contribution is 5.87. The van der Waals surface area contributed by atoms with Crippen molar-refractivity contribution in [1.29, 1.82) is 0 Å². The average molecular weight is 237 g/mol. The van der Waals surface area contributed by atoms with Gasteiger partial charge in [-0.25, -0.2) is 9.78 Å².